The van der Waals surface area contributed by atoms with Crippen LogP contribution in [0.15, 0.2) is 66.7 Å². The first-order chi connectivity index (χ1) is 13.7. The Morgan fingerprint density at radius 1 is 0.966 bits per heavy atom. The van der Waals surface area contributed by atoms with Crippen LogP contribution in [0.1, 0.15) is 16.7 Å². The first-order valence-electron chi connectivity index (χ1n) is 8.40. The Bertz CT molecular complexity index is 1020. The third-order valence-corrected chi connectivity index (χ3v) is 4.56. The van der Waals surface area contributed by atoms with Gasteiger partial charge >= 0.3 is 12.3 Å². The van der Waals surface area contributed by atoms with Crippen molar-refractivity contribution in [1.29, 1.82) is 0 Å². The number of nitrogens with one attached hydrogen (secondary N) is 1. The lowest BCUT2D eigenvalue weighted by Gasteiger charge is -2.14. The fourth-order valence-electron chi connectivity index (χ4n) is 2.63. The number of carbonyl (C=O) groups excluding carboxylic acids is 1. The van der Waals surface area contributed by atoms with Crippen molar-refractivity contribution in [1.82, 2.24) is 0 Å². The largest absolute Gasteiger partial charge is 0.417 e. The van der Waals surface area contributed by atoms with Crippen LogP contribution in [0.4, 0.5) is 23.7 Å². The van der Waals surface area contributed by atoms with Gasteiger partial charge in [0.1, 0.15) is 5.75 Å². The van der Waals surface area contributed by atoms with E-state index in [0.29, 0.717) is 17.0 Å². The molecule has 8 heteroatoms. The van der Waals surface area contributed by atoms with Crippen molar-refractivity contribution in [2.45, 2.75) is 12.6 Å². The SMILES string of the molecule is O=C(Nc1cc(C(F)(F)F)ccc1Cl)Oc1ccc(Cl)cc1Cc1ccccc1. The summed E-state index contributed by atoms with van der Waals surface area (Å²) in [6, 6.07) is 16.8. The maximum absolute atomic E-state index is 12.9. The first-order valence-corrected chi connectivity index (χ1v) is 9.16. The molecule has 0 spiro atoms. The summed E-state index contributed by atoms with van der Waals surface area (Å²) in [6.07, 6.45) is -5.08. The predicted molar refractivity (Wildman–Crippen MR) is 107 cm³/mol. The topological polar surface area (TPSA) is 38.3 Å². The molecule has 0 radical (unpaired) electrons. The molecule has 0 unspecified atom stereocenters. The molecule has 0 atom stereocenters. The third kappa shape index (κ3) is 5.65. The van der Waals surface area contributed by atoms with Crippen LogP contribution < -0.4 is 10.1 Å². The average molecular weight is 440 g/mol. The Labute approximate surface area is 175 Å². The molecular weight excluding hydrogens is 426 g/mol. The monoisotopic (exact) mass is 439 g/mol. The number of alkyl halides is 3. The molecule has 0 aliphatic rings. The Morgan fingerprint density at radius 3 is 2.38 bits per heavy atom. The highest BCUT2D eigenvalue weighted by Crippen LogP contribution is 2.34. The number of amides is 1. The zero-order valence-electron chi connectivity index (χ0n) is 14.8. The maximum Gasteiger partial charge on any atom is 0.417 e. The number of benzene rings is 3. The molecule has 29 heavy (non-hydrogen) atoms. The summed E-state index contributed by atoms with van der Waals surface area (Å²) in [6.45, 7) is 0. The number of hydrogen-bond donors (Lipinski definition) is 1. The summed E-state index contributed by atoms with van der Waals surface area (Å²) in [5.41, 5.74) is 0.480. The summed E-state index contributed by atoms with van der Waals surface area (Å²) in [7, 11) is 0. The highest BCUT2D eigenvalue weighted by molar-refractivity contribution is 6.33. The minimum absolute atomic E-state index is 0.0458. The molecule has 0 heterocycles. The summed E-state index contributed by atoms with van der Waals surface area (Å²) in [5, 5.41) is 2.67. The van der Waals surface area contributed by atoms with E-state index in [1.165, 1.54) is 6.07 Å². The van der Waals surface area contributed by atoms with Crippen molar-refractivity contribution in [3.63, 3.8) is 0 Å². The van der Waals surface area contributed by atoms with E-state index in [1.807, 2.05) is 30.3 Å². The molecule has 3 aromatic carbocycles. The molecule has 1 N–H and O–H groups in total. The van der Waals surface area contributed by atoms with Crippen LogP contribution in [-0.2, 0) is 12.6 Å². The summed E-state index contributed by atoms with van der Waals surface area (Å²) in [4.78, 5) is 12.3. The fraction of sp³-hybridized carbons (Fsp3) is 0.0952. The van der Waals surface area contributed by atoms with Gasteiger partial charge in [0.05, 0.1) is 16.3 Å². The van der Waals surface area contributed by atoms with E-state index in [-0.39, 0.29) is 16.5 Å². The van der Waals surface area contributed by atoms with Gasteiger partial charge in [0.2, 0.25) is 0 Å². The van der Waals surface area contributed by atoms with Gasteiger partial charge in [-0.25, -0.2) is 4.79 Å². The van der Waals surface area contributed by atoms with Gasteiger partial charge in [0.25, 0.3) is 0 Å². The zero-order chi connectivity index (χ0) is 21.0. The smallest absolute Gasteiger partial charge is 0.410 e. The quantitative estimate of drug-likeness (QED) is 0.466. The minimum Gasteiger partial charge on any atom is -0.410 e. The number of halogens is 5. The average Bonchev–Trinajstić information content (AvgIpc) is 2.65. The second-order valence-corrected chi connectivity index (χ2v) is 6.96. The lowest BCUT2D eigenvalue weighted by Crippen LogP contribution is -2.18. The van der Waals surface area contributed by atoms with Crippen LogP contribution in [0.3, 0.4) is 0 Å². The number of ether oxygens (including phenoxy) is 1. The van der Waals surface area contributed by atoms with Gasteiger partial charge < -0.3 is 4.74 Å². The normalized spacial score (nSPS) is 11.2. The second-order valence-electron chi connectivity index (χ2n) is 6.12. The molecule has 0 fully saturated rings. The third-order valence-electron chi connectivity index (χ3n) is 3.99. The number of hydrogen-bond acceptors (Lipinski definition) is 2. The van der Waals surface area contributed by atoms with Crippen molar-refractivity contribution in [2.24, 2.45) is 0 Å². The van der Waals surface area contributed by atoms with E-state index in [2.05, 4.69) is 5.32 Å². The van der Waals surface area contributed by atoms with Crippen molar-refractivity contribution in [3.05, 3.63) is 93.5 Å². The number of rotatable bonds is 4. The van der Waals surface area contributed by atoms with E-state index in [4.69, 9.17) is 27.9 Å². The highest BCUT2D eigenvalue weighted by atomic mass is 35.5. The molecule has 3 rings (SSSR count). The van der Waals surface area contributed by atoms with E-state index < -0.39 is 17.8 Å². The van der Waals surface area contributed by atoms with Gasteiger partial charge in [-0.1, -0.05) is 53.5 Å². The fourth-order valence-corrected chi connectivity index (χ4v) is 2.99. The first kappa shape index (κ1) is 21.0. The van der Waals surface area contributed by atoms with Crippen LogP contribution in [0.25, 0.3) is 0 Å². The van der Waals surface area contributed by atoms with Gasteiger partial charge in [-0.15, -0.1) is 0 Å². The molecule has 3 aromatic rings. The molecule has 3 nitrogen and oxygen atoms in total. The Kier molecular flexibility index (Phi) is 6.35. The number of carbonyl (C=O) groups is 1. The van der Waals surface area contributed by atoms with Gasteiger partial charge in [0, 0.05) is 17.0 Å². The Hall–Kier alpha value is -2.70. The summed E-state index contributed by atoms with van der Waals surface area (Å²) in [5.74, 6) is 0.235. The van der Waals surface area contributed by atoms with Crippen LogP contribution in [-0.4, -0.2) is 6.09 Å². The van der Waals surface area contributed by atoms with Gasteiger partial charge in [-0.2, -0.15) is 13.2 Å². The molecular formula is C21H14Cl2F3NO2. The second kappa shape index (κ2) is 8.76. The Morgan fingerprint density at radius 2 is 1.69 bits per heavy atom. The summed E-state index contributed by atoms with van der Waals surface area (Å²) >= 11 is 11.9. The summed E-state index contributed by atoms with van der Waals surface area (Å²) < 4.78 is 44.0. The van der Waals surface area contributed by atoms with Crippen molar-refractivity contribution < 1.29 is 22.7 Å². The zero-order valence-corrected chi connectivity index (χ0v) is 16.3. The highest BCUT2D eigenvalue weighted by Gasteiger charge is 2.31. The maximum atomic E-state index is 12.9. The van der Waals surface area contributed by atoms with Gasteiger partial charge in [-0.3, -0.25) is 5.32 Å². The molecule has 150 valence electrons. The van der Waals surface area contributed by atoms with E-state index in [1.54, 1.807) is 12.1 Å². The van der Waals surface area contributed by atoms with Crippen LogP contribution in [0, 0.1) is 0 Å². The van der Waals surface area contributed by atoms with Crippen molar-refractivity contribution in [2.75, 3.05) is 5.32 Å². The standard InChI is InChI=1S/C21H14Cl2F3NO2/c22-16-7-9-19(14(11-16)10-13-4-2-1-3-5-13)29-20(28)27-18-12-15(21(24,25)26)6-8-17(18)23/h1-9,11-12H,10H2,(H,27,28). The van der Waals surface area contributed by atoms with E-state index in [0.717, 1.165) is 23.8 Å². The van der Waals surface area contributed by atoms with E-state index in [9.17, 15) is 18.0 Å². The Balaban J connectivity index is 1.79. The van der Waals surface area contributed by atoms with Crippen LogP contribution >= 0.6 is 23.2 Å². The molecule has 1 amide bonds. The molecule has 0 saturated carbocycles. The van der Waals surface area contributed by atoms with Crippen molar-refractivity contribution >= 4 is 35.0 Å². The molecule has 0 bridgehead atoms. The predicted octanol–water partition coefficient (Wildman–Crippen LogP) is 7.21. The lowest BCUT2D eigenvalue weighted by molar-refractivity contribution is -0.137. The molecule has 0 saturated heterocycles. The van der Waals surface area contributed by atoms with Crippen LogP contribution in [0.2, 0.25) is 10.0 Å². The van der Waals surface area contributed by atoms with Gasteiger partial charge in [0.15, 0.2) is 0 Å². The number of anilines is 1. The van der Waals surface area contributed by atoms with Crippen LogP contribution in [0.5, 0.6) is 5.75 Å². The van der Waals surface area contributed by atoms with Crippen molar-refractivity contribution in [3.8, 4) is 5.75 Å². The lowest BCUT2D eigenvalue weighted by atomic mass is 10.0. The molecule has 0 aromatic heterocycles. The van der Waals surface area contributed by atoms with Gasteiger partial charge in [-0.05, 0) is 42.0 Å². The minimum atomic E-state index is -4.57. The molecule has 0 aliphatic heterocycles. The molecule has 0 aliphatic carbocycles. The van der Waals surface area contributed by atoms with E-state index >= 15 is 0 Å².